The smallest absolute Gasteiger partial charge is 0.290 e. The molecule has 6 heteroatoms. The van der Waals surface area contributed by atoms with Crippen LogP contribution in [-0.4, -0.2) is 22.2 Å². The van der Waals surface area contributed by atoms with E-state index in [-0.39, 0.29) is 12.4 Å². The lowest BCUT2D eigenvalue weighted by Gasteiger charge is -2.21. The van der Waals surface area contributed by atoms with Crippen molar-refractivity contribution < 1.29 is 13.9 Å². The van der Waals surface area contributed by atoms with E-state index in [2.05, 4.69) is 0 Å². The summed E-state index contributed by atoms with van der Waals surface area (Å²) in [6.45, 7) is -1.24. The van der Waals surface area contributed by atoms with Gasteiger partial charge >= 0.3 is 0 Å². The maximum atomic E-state index is 12.9. The van der Waals surface area contributed by atoms with Gasteiger partial charge in [0.1, 0.15) is 12.6 Å². The van der Waals surface area contributed by atoms with Gasteiger partial charge in [0.25, 0.3) is 5.92 Å². The fourth-order valence-electron chi connectivity index (χ4n) is 1.11. The first-order chi connectivity index (χ1) is 5.99. The molecule has 1 atom stereocenters. The minimum Gasteiger partial charge on any atom is -0.390 e. The molecule has 0 radical (unpaired) electrons. The van der Waals surface area contributed by atoms with Gasteiger partial charge in [0.15, 0.2) is 0 Å². The van der Waals surface area contributed by atoms with E-state index in [1.807, 2.05) is 0 Å². The van der Waals surface area contributed by atoms with E-state index >= 15 is 0 Å². The number of hydrogen-bond acceptors (Lipinski definition) is 2. The Kier molecular flexibility index (Phi) is 4.51. The third kappa shape index (κ3) is 2.43. The zero-order valence-corrected chi connectivity index (χ0v) is 8.47. The van der Waals surface area contributed by atoms with Crippen molar-refractivity contribution in [3.8, 4) is 0 Å². The summed E-state index contributed by atoms with van der Waals surface area (Å²) in [7, 11) is 1.63. The van der Waals surface area contributed by atoms with E-state index in [4.69, 9.17) is 10.8 Å². The maximum Gasteiger partial charge on any atom is 0.290 e. The van der Waals surface area contributed by atoms with Gasteiger partial charge in [-0.15, -0.1) is 12.4 Å². The number of aliphatic hydroxyl groups is 1. The third-order valence-electron chi connectivity index (χ3n) is 1.97. The van der Waals surface area contributed by atoms with Crippen molar-refractivity contribution >= 4 is 12.4 Å². The number of aromatic nitrogens is 1. The Balaban J connectivity index is 0.00000169. The van der Waals surface area contributed by atoms with Crippen LogP contribution in [0.3, 0.4) is 0 Å². The second-order valence-electron chi connectivity index (χ2n) is 2.94. The van der Waals surface area contributed by atoms with Gasteiger partial charge in [0, 0.05) is 18.9 Å². The highest BCUT2D eigenvalue weighted by Crippen LogP contribution is 2.28. The van der Waals surface area contributed by atoms with E-state index in [1.165, 1.54) is 10.6 Å². The number of aryl methyl sites for hydroxylation is 1. The van der Waals surface area contributed by atoms with Gasteiger partial charge in [-0.3, -0.25) is 0 Å². The molecule has 1 aromatic heterocycles. The molecule has 1 aromatic rings. The number of nitrogens with zero attached hydrogens (tertiary/aromatic N) is 1. The van der Waals surface area contributed by atoms with E-state index in [9.17, 15) is 8.78 Å². The summed E-state index contributed by atoms with van der Waals surface area (Å²) in [5.41, 5.74) is 5.60. The van der Waals surface area contributed by atoms with Crippen LogP contribution in [0.2, 0.25) is 0 Å². The number of nitrogens with two attached hydrogens (primary N) is 1. The van der Waals surface area contributed by atoms with Gasteiger partial charge in [-0.25, -0.2) is 8.78 Å². The van der Waals surface area contributed by atoms with Crippen molar-refractivity contribution in [3.63, 3.8) is 0 Å². The Morgan fingerprint density at radius 3 is 2.57 bits per heavy atom. The van der Waals surface area contributed by atoms with Gasteiger partial charge in [-0.2, -0.15) is 0 Å². The molecule has 3 N–H and O–H groups in total. The number of hydrogen-bond donors (Lipinski definition) is 2. The molecule has 0 aromatic carbocycles. The van der Waals surface area contributed by atoms with Crippen molar-refractivity contribution in [1.29, 1.82) is 0 Å². The molecule has 3 nitrogen and oxygen atoms in total. The Morgan fingerprint density at radius 1 is 1.64 bits per heavy atom. The normalized spacial score (nSPS) is 13.5. The standard InChI is InChI=1S/C8H12F2N2O.ClH/c1-12-4-2-3-6(12)7(11)8(9,10)5-13;/h2-4,7,13H,5,11H2,1H3;1H/t7-;/m1./s1. The van der Waals surface area contributed by atoms with E-state index in [0.717, 1.165) is 0 Å². The predicted octanol–water partition coefficient (Wildman–Crippen LogP) is 1.07. The molecule has 14 heavy (non-hydrogen) atoms. The summed E-state index contributed by atoms with van der Waals surface area (Å²) in [5, 5.41) is 8.41. The van der Waals surface area contributed by atoms with Crippen LogP contribution in [0.15, 0.2) is 18.3 Å². The van der Waals surface area contributed by atoms with Crippen LogP contribution in [0.5, 0.6) is 0 Å². The maximum absolute atomic E-state index is 12.9. The molecular weight excluding hydrogens is 214 g/mol. The van der Waals surface area contributed by atoms with Gasteiger partial charge < -0.3 is 15.4 Å². The monoisotopic (exact) mass is 226 g/mol. The molecule has 0 spiro atoms. The van der Waals surface area contributed by atoms with Gasteiger partial charge in [-0.05, 0) is 12.1 Å². The summed E-state index contributed by atoms with van der Waals surface area (Å²) in [5.74, 6) is -3.27. The fourth-order valence-corrected chi connectivity index (χ4v) is 1.11. The predicted molar refractivity (Wildman–Crippen MR) is 51.6 cm³/mol. The number of alkyl halides is 2. The van der Waals surface area contributed by atoms with Crippen LogP contribution in [0.25, 0.3) is 0 Å². The summed E-state index contributed by atoms with van der Waals surface area (Å²) in [6.07, 6.45) is 1.63. The summed E-state index contributed by atoms with van der Waals surface area (Å²) in [6, 6.07) is 1.68. The van der Waals surface area contributed by atoms with E-state index in [0.29, 0.717) is 5.69 Å². The Labute approximate surface area is 86.9 Å². The van der Waals surface area contributed by atoms with Crippen LogP contribution < -0.4 is 5.73 Å². The lowest BCUT2D eigenvalue weighted by molar-refractivity contribution is -0.0726. The summed E-state index contributed by atoms with van der Waals surface area (Å²) < 4.78 is 27.3. The minimum absolute atomic E-state index is 0. The highest BCUT2D eigenvalue weighted by Gasteiger charge is 2.38. The number of rotatable bonds is 3. The fraction of sp³-hybridized carbons (Fsp3) is 0.500. The zero-order chi connectivity index (χ0) is 10.1. The van der Waals surface area contributed by atoms with Crippen molar-refractivity contribution in [2.45, 2.75) is 12.0 Å². The van der Waals surface area contributed by atoms with E-state index in [1.54, 1.807) is 19.3 Å². The SMILES string of the molecule is Cl.Cn1cccc1[C@@H](N)C(F)(F)CO. The molecule has 0 amide bonds. The van der Waals surface area contributed by atoms with Crippen molar-refractivity contribution in [2.75, 3.05) is 6.61 Å². The van der Waals surface area contributed by atoms with Crippen LogP contribution in [0, 0.1) is 0 Å². The molecule has 1 rings (SSSR count). The van der Waals surface area contributed by atoms with E-state index < -0.39 is 18.6 Å². The van der Waals surface area contributed by atoms with Crippen molar-refractivity contribution in [1.82, 2.24) is 4.57 Å². The Bertz CT molecular complexity index is 291. The average molecular weight is 227 g/mol. The van der Waals surface area contributed by atoms with Crippen molar-refractivity contribution in [2.24, 2.45) is 12.8 Å². The van der Waals surface area contributed by atoms with Crippen LogP contribution in [0.1, 0.15) is 11.7 Å². The Morgan fingerprint density at radius 2 is 2.21 bits per heavy atom. The Hall–Kier alpha value is -0.650. The first-order valence-electron chi connectivity index (χ1n) is 3.84. The number of halogens is 3. The molecule has 1 heterocycles. The average Bonchev–Trinajstić information content (AvgIpc) is 2.50. The van der Waals surface area contributed by atoms with Crippen molar-refractivity contribution in [3.05, 3.63) is 24.0 Å². The molecule has 0 aliphatic rings. The molecule has 0 fully saturated rings. The van der Waals surface area contributed by atoms with Gasteiger partial charge in [-0.1, -0.05) is 0 Å². The second kappa shape index (κ2) is 4.72. The first kappa shape index (κ1) is 13.4. The molecule has 0 saturated heterocycles. The lowest BCUT2D eigenvalue weighted by atomic mass is 10.1. The largest absolute Gasteiger partial charge is 0.390 e. The lowest BCUT2D eigenvalue weighted by Crippen LogP contribution is -2.37. The second-order valence-corrected chi connectivity index (χ2v) is 2.94. The summed E-state index contributed by atoms with van der Waals surface area (Å²) >= 11 is 0. The molecule has 82 valence electrons. The molecule has 0 unspecified atom stereocenters. The number of aliphatic hydroxyl groups excluding tert-OH is 1. The summed E-state index contributed by atoms with van der Waals surface area (Å²) in [4.78, 5) is 0. The first-order valence-corrected chi connectivity index (χ1v) is 3.84. The van der Waals surface area contributed by atoms with Crippen LogP contribution in [0.4, 0.5) is 8.78 Å². The topological polar surface area (TPSA) is 51.2 Å². The van der Waals surface area contributed by atoms with Crippen LogP contribution >= 0.6 is 12.4 Å². The minimum atomic E-state index is -3.27. The molecule has 0 aliphatic heterocycles. The molecule has 0 saturated carbocycles. The third-order valence-corrected chi connectivity index (χ3v) is 1.97. The van der Waals surface area contributed by atoms with Gasteiger partial charge in [0.2, 0.25) is 0 Å². The highest BCUT2D eigenvalue weighted by molar-refractivity contribution is 5.85. The quantitative estimate of drug-likeness (QED) is 0.810. The molecular formula is C8H13ClF2N2O. The molecule has 0 bridgehead atoms. The zero-order valence-electron chi connectivity index (χ0n) is 7.65. The van der Waals surface area contributed by atoms with Gasteiger partial charge in [0.05, 0.1) is 0 Å². The molecule has 0 aliphatic carbocycles. The van der Waals surface area contributed by atoms with Crippen LogP contribution in [-0.2, 0) is 7.05 Å². The highest BCUT2D eigenvalue weighted by atomic mass is 35.5.